The van der Waals surface area contributed by atoms with Crippen LogP contribution in [0, 0.1) is 5.92 Å². The van der Waals surface area contributed by atoms with Crippen molar-refractivity contribution >= 4 is 16.9 Å². The third-order valence-corrected chi connectivity index (χ3v) is 7.66. The van der Waals surface area contributed by atoms with Crippen molar-refractivity contribution in [3.8, 4) is 11.4 Å². The Hall–Kier alpha value is -2.99. The summed E-state index contributed by atoms with van der Waals surface area (Å²) in [5.74, 6) is -0.105. The Morgan fingerprint density at radius 2 is 1.94 bits per heavy atom. The van der Waals surface area contributed by atoms with Gasteiger partial charge in [-0.15, -0.1) is 0 Å². The monoisotopic (exact) mass is 444 g/mol. The first-order valence-electron chi connectivity index (χ1n) is 12.0. The van der Waals surface area contributed by atoms with Gasteiger partial charge >= 0.3 is 5.97 Å². The van der Waals surface area contributed by atoms with Crippen LogP contribution in [0.5, 0.6) is 0 Å². The number of hydrogen-bond acceptors (Lipinski definition) is 5. The summed E-state index contributed by atoms with van der Waals surface area (Å²) < 4.78 is 6.93. The standard InChI is InChI=1S/C27H28N2O4/c1-4-27(32)20-11-22-24-18(12-29(22)25(30)19(20)13-33-26(27)31)17-7-5-6-16-15(10-14(2)3)8-9-21(28-24)23(16)17/h8-9,11,14,32H,4-7,10,12-13H2,1-3H3/t27-/m0/s1. The van der Waals surface area contributed by atoms with E-state index in [0.717, 1.165) is 42.5 Å². The van der Waals surface area contributed by atoms with Gasteiger partial charge < -0.3 is 14.4 Å². The molecule has 0 saturated heterocycles. The van der Waals surface area contributed by atoms with Gasteiger partial charge in [-0.3, -0.25) is 4.79 Å². The van der Waals surface area contributed by atoms with Crippen LogP contribution in [0.3, 0.4) is 0 Å². The van der Waals surface area contributed by atoms with E-state index >= 15 is 0 Å². The average molecular weight is 445 g/mol. The molecule has 1 atom stereocenters. The number of carbonyl (C=O) groups is 1. The molecule has 6 heteroatoms. The van der Waals surface area contributed by atoms with Crippen molar-refractivity contribution in [2.75, 3.05) is 0 Å². The van der Waals surface area contributed by atoms with Crippen molar-refractivity contribution in [3.63, 3.8) is 0 Å². The lowest BCUT2D eigenvalue weighted by Gasteiger charge is -2.31. The average Bonchev–Trinajstić information content (AvgIpc) is 3.17. The van der Waals surface area contributed by atoms with Gasteiger partial charge in [0.15, 0.2) is 5.60 Å². The number of ether oxygens (including phenoxy) is 1. The molecule has 6 rings (SSSR count). The van der Waals surface area contributed by atoms with Crippen LogP contribution in [0.1, 0.15) is 67.0 Å². The third-order valence-electron chi connectivity index (χ3n) is 7.66. The summed E-state index contributed by atoms with van der Waals surface area (Å²) in [6.45, 7) is 6.59. The number of nitrogens with zero attached hydrogens (tertiary/aromatic N) is 2. The molecule has 0 bridgehead atoms. The number of cyclic esters (lactones) is 1. The summed E-state index contributed by atoms with van der Waals surface area (Å²) in [7, 11) is 0. The van der Waals surface area contributed by atoms with Gasteiger partial charge in [0.05, 0.1) is 29.0 Å². The molecular formula is C27H28N2O4. The summed E-state index contributed by atoms with van der Waals surface area (Å²) in [4.78, 5) is 30.9. The number of fused-ring (bicyclic) bond motifs is 5. The van der Waals surface area contributed by atoms with Crippen LogP contribution in [0.2, 0.25) is 0 Å². The van der Waals surface area contributed by atoms with Crippen LogP contribution >= 0.6 is 0 Å². The Labute approximate surface area is 192 Å². The molecule has 1 aromatic carbocycles. The number of pyridine rings is 2. The highest BCUT2D eigenvalue weighted by atomic mass is 16.6. The van der Waals surface area contributed by atoms with E-state index in [4.69, 9.17) is 9.72 Å². The van der Waals surface area contributed by atoms with Crippen LogP contribution in [0.15, 0.2) is 23.0 Å². The lowest BCUT2D eigenvalue weighted by Crippen LogP contribution is -2.44. The summed E-state index contributed by atoms with van der Waals surface area (Å²) in [5.41, 5.74) is 6.44. The second-order valence-electron chi connectivity index (χ2n) is 10.1. The van der Waals surface area contributed by atoms with E-state index in [1.165, 1.54) is 22.1 Å². The summed E-state index contributed by atoms with van der Waals surface area (Å²) in [6, 6.07) is 6.13. The largest absolute Gasteiger partial charge is 0.458 e. The van der Waals surface area contributed by atoms with E-state index in [0.29, 0.717) is 29.3 Å². The number of rotatable bonds is 3. The van der Waals surface area contributed by atoms with Gasteiger partial charge in [-0.05, 0) is 66.8 Å². The predicted molar refractivity (Wildman–Crippen MR) is 125 cm³/mol. The highest BCUT2D eigenvalue weighted by Crippen LogP contribution is 2.43. The highest BCUT2D eigenvalue weighted by molar-refractivity contribution is 5.92. The lowest BCUT2D eigenvalue weighted by atomic mass is 9.83. The molecule has 6 nitrogen and oxygen atoms in total. The van der Waals surface area contributed by atoms with E-state index in [2.05, 4.69) is 26.0 Å². The molecule has 0 unspecified atom stereocenters. The molecule has 3 aromatic rings. The number of esters is 1. The second-order valence-corrected chi connectivity index (χ2v) is 10.1. The minimum Gasteiger partial charge on any atom is -0.458 e. The molecule has 4 heterocycles. The summed E-state index contributed by atoms with van der Waals surface area (Å²) in [5, 5.41) is 12.4. The van der Waals surface area contributed by atoms with Gasteiger partial charge in [-0.2, -0.15) is 0 Å². The molecule has 0 saturated carbocycles. The van der Waals surface area contributed by atoms with Crippen molar-refractivity contribution in [3.05, 3.63) is 61.9 Å². The first-order chi connectivity index (χ1) is 15.8. The molecule has 1 aliphatic carbocycles. The topological polar surface area (TPSA) is 81.4 Å². The first-order valence-corrected chi connectivity index (χ1v) is 12.0. The van der Waals surface area contributed by atoms with Crippen molar-refractivity contribution in [1.82, 2.24) is 9.55 Å². The number of benzene rings is 1. The van der Waals surface area contributed by atoms with Gasteiger partial charge in [0.1, 0.15) is 6.61 Å². The fourth-order valence-corrected chi connectivity index (χ4v) is 6.02. The lowest BCUT2D eigenvalue weighted by molar-refractivity contribution is -0.172. The zero-order valence-corrected chi connectivity index (χ0v) is 19.3. The van der Waals surface area contributed by atoms with E-state index < -0.39 is 11.6 Å². The fraction of sp³-hybridized carbons (Fsp3) is 0.444. The molecule has 0 spiro atoms. The number of aromatic nitrogens is 2. The fourth-order valence-electron chi connectivity index (χ4n) is 6.02. The van der Waals surface area contributed by atoms with Gasteiger partial charge in [-0.25, -0.2) is 9.78 Å². The number of carbonyl (C=O) groups excluding carboxylic acids is 1. The van der Waals surface area contributed by atoms with E-state index in [9.17, 15) is 14.7 Å². The quantitative estimate of drug-likeness (QED) is 0.487. The molecular weight excluding hydrogens is 416 g/mol. The zero-order valence-electron chi connectivity index (χ0n) is 19.3. The van der Waals surface area contributed by atoms with Crippen molar-refractivity contribution in [1.29, 1.82) is 0 Å². The molecule has 0 amide bonds. The van der Waals surface area contributed by atoms with Crippen LogP contribution in [0.25, 0.3) is 22.3 Å². The van der Waals surface area contributed by atoms with Gasteiger partial charge in [-0.1, -0.05) is 26.8 Å². The van der Waals surface area contributed by atoms with Crippen LogP contribution in [-0.2, 0) is 47.5 Å². The second kappa shape index (κ2) is 7.00. The summed E-state index contributed by atoms with van der Waals surface area (Å²) >= 11 is 0. The van der Waals surface area contributed by atoms with Crippen LogP contribution in [-0.4, -0.2) is 20.6 Å². The molecule has 170 valence electrons. The van der Waals surface area contributed by atoms with E-state index in [1.807, 2.05) is 0 Å². The minimum atomic E-state index is -1.80. The number of aliphatic hydroxyl groups is 1. The molecule has 2 aromatic heterocycles. The van der Waals surface area contributed by atoms with Crippen molar-refractivity contribution in [2.45, 2.75) is 71.6 Å². The van der Waals surface area contributed by atoms with Crippen LogP contribution < -0.4 is 5.56 Å². The van der Waals surface area contributed by atoms with Gasteiger partial charge in [0, 0.05) is 16.5 Å². The Bertz CT molecular complexity index is 1420. The Morgan fingerprint density at radius 1 is 1.15 bits per heavy atom. The van der Waals surface area contributed by atoms with Crippen LogP contribution in [0.4, 0.5) is 0 Å². The zero-order chi connectivity index (χ0) is 23.1. The predicted octanol–water partition coefficient (Wildman–Crippen LogP) is 3.77. The highest BCUT2D eigenvalue weighted by Gasteiger charge is 2.45. The molecule has 3 aliphatic rings. The minimum absolute atomic E-state index is 0.100. The molecule has 0 fully saturated rings. The molecule has 0 radical (unpaired) electrons. The van der Waals surface area contributed by atoms with Crippen molar-refractivity contribution in [2.24, 2.45) is 5.92 Å². The van der Waals surface area contributed by atoms with Gasteiger partial charge in [0.2, 0.25) is 0 Å². The maximum Gasteiger partial charge on any atom is 0.343 e. The van der Waals surface area contributed by atoms with E-state index in [-0.39, 0.29) is 18.6 Å². The SMILES string of the molecule is CC[C@@]1(O)C(=O)OCc2c1cc1n(c2=O)Cc2c-1nc1ccc(CC(C)C)c3c1c2CCC3. The van der Waals surface area contributed by atoms with Gasteiger partial charge in [0.25, 0.3) is 5.56 Å². The Balaban J connectivity index is 1.61. The number of hydrogen-bond donors (Lipinski definition) is 1. The van der Waals surface area contributed by atoms with E-state index in [1.54, 1.807) is 17.6 Å². The molecule has 1 N–H and O–H groups in total. The maximum absolute atomic E-state index is 13.5. The van der Waals surface area contributed by atoms with Crippen molar-refractivity contribution < 1.29 is 14.6 Å². The molecule has 2 aliphatic heterocycles. The third kappa shape index (κ3) is 2.73. The molecule has 33 heavy (non-hydrogen) atoms. The maximum atomic E-state index is 13.5. The smallest absolute Gasteiger partial charge is 0.343 e. The Morgan fingerprint density at radius 3 is 2.70 bits per heavy atom. The number of aryl methyl sites for hydroxylation is 2. The normalized spacial score (nSPS) is 20.6. The Kier molecular flexibility index (Phi) is 4.37. The summed E-state index contributed by atoms with van der Waals surface area (Å²) in [6.07, 6.45) is 4.33. The first kappa shape index (κ1) is 20.6.